The molecule has 0 amide bonds. The molecule has 0 radical (unpaired) electrons. The van der Waals surface area contributed by atoms with Gasteiger partial charge in [0, 0.05) is 23.6 Å². The highest BCUT2D eigenvalue weighted by Crippen LogP contribution is 2.39. The van der Waals surface area contributed by atoms with Crippen molar-refractivity contribution in [3.05, 3.63) is 29.3 Å². The number of benzene rings is 1. The number of thioether (sulfide) groups is 1. The molecule has 0 saturated carbocycles. The molecule has 2 aliphatic rings. The summed E-state index contributed by atoms with van der Waals surface area (Å²) in [5.41, 5.74) is 2.96. The van der Waals surface area contributed by atoms with Crippen LogP contribution in [0, 0.1) is 0 Å². The van der Waals surface area contributed by atoms with Gasteiger partial charge < -0.3 is 10.1 Å². The van der Waals surface area contributed by atoms with E-state index in [0.29, 0.717) is 6.04 Å². The molecule has 1 aliphatic heterocycles. The van der Waals surface area contributed by atoms with Crippen LogP contribution < -0.4 is 10.1 Å². The minimum Gasteiger partial charge on any atom is -0.497 e. The molecule has 86 valence electrons. The van der Waals surface area contributed by atoms with Crippen molar-refractivity contribution in [2.24, 2.45) is 0 Å². The fourth-order valence-electron chi connectivity index (χ4n) is 2.74. The Balaban J connectivity index is 1.96. The van der Waals surface area contributed by atoms with Gasteiger partial charge in [0.05, 0.1) is 7.11 Å². The molecule has 1 saturated heterocycles. The lowest BCUT2D eigenvalue weighted by molar-refractivity contribution is 0.411. The van der Waals surface area contributed by atoms with Gasteiger partial charge in [-0.05, 0) is 36.1 Å². The van der Waals surface area contributed by atoms with Gasteiger partial charge in [0.1, 0.15) is 5.75 Å². The van der Waals surface area contributed by atoms with E-state index in [1.807, 2.05) is 0 Å². The number of aryl methyl sites for hydroxylation is 1. The first-order chi connectivity index (χ1) is 7.88. The van der Waals surface area contributed by atoms with Crippen LogP contribution in [0.5, 0.6) is 5.75 Å². The van der Waals surface area contributed by atoms with Crippen molar-refractivity contribution in [1.29, 1.82) is 0 Å². The lowest BCUT2D eigenvalue weighted by atomic mass is 9.87. The van der Waals surface area contributed by atoms with Crippen LogP contribution in [-0.4, -0.2) is 24.7 Å². The van der Waals surface area contributed by atoms with Crippen molar-refractivity contribution in [2.45, 2.75) is 24.1 Å². The standard InChI is InChI=1S/C13H17NOS/c1-15-10-3-4-11-9(8-10)2-5-12-13(11)14-6-7-16-12/h3-4,8,12-14H,2,5-7H2,1H3. The van der Waals surface area contributed by atoms with Gasteiger partial charge in [0.2, 0.25) is 0 Å². The second-order valence-electron chi connectivity index (χ2n) is 4.44. The fourth-order valence-corrected chi connectivity index (χ4v) is 4.00. The molecule has 1 N–H and O–H groups in total. The van der Waals surface area contributed by atoms with Crippen LogP contribution in [0.1, 0.15) is 23.6 Å². The smallest absolute Gasteiger partial charge is 0.119 e. The Bertz CT molecular complexity index is 394. The summed E-state index contributed by atoms with van der Waals surface area (Å²) in [4.78, 5) is 0. The molecule has 3 rings (SSSR count). The van der Waals surface area contributed by atoms with Gasteiger partial charge in [-0.1, -0.05) is 6.07 Å². The van der Waals surface area contributed by atoms with Gasteiger partial charge in [-0.15, -0.1) is 0 Å². The van der Waals surface area contributed by atoms with Gasteiger partial charge in [-0.2, -0.15) is 11.8 Å². The van der Waals surface area contributed by atoms with Crippen molar-refractivity contribution >= 4 is 11.8 Å². The van der Waals surface area contributed by atoms with Crippen molar-refractivity contribution in [3.8, 4) is 5.75 Å². The molecule has 0 bridgehead atoms. The molecule has 1 aliphatic carbocycles. The minimum absolute atomic E-state index is 0.563. The Hall–Kier alpha value is -0.670. The maximum atomic E-state index is 5.29. The molecule has 2 nitrogen and oxygen atoms in total. The summed E-state index contributed by atoms with van der Waals surface area (Å²) in [5.74, 6) is 2.24. The highest BCUT2D eigenvalue weighted by molar-refractivity contribution is 8.00. The number of fused-ring (bicyclic) bond motifs is 3. The van der Waals surface area contributed by atoms with E-state index in [-0.39, 0.29) is 0 Å². The number of nitrogens with one attached hydrogen (secondary N) is 1. The van der Waals surface area contributed by atoms with Crippen molar-refractivity contribution in [3.63, 3.8) is 0 Å². The first-order valence-corrected chi connectivity index (χ1v) is 6.95. The largest absolute Gasteiger partial charge is 0.497 e. The van der Waals surface area contributed by atoms with Crippen LogP contribution in [0.25, 0.3) is 0 Å². The average Bonchev–Trinajstić information content (AvgIpc) is 2.38. The number of ether oxygens (including phenoxy) is 1. The van der Waals surface area contributed by atoms with E-state index in [0.717, 1.165) is 17.5 Å². The molecular formula is C13H17NOS. The van der Waals surface area contributed by atoms with Crippen LogP contribution in [0.15, 0.2) is 18.2 Å². The van der Waals surface area contributed by atoms with Crippen LogP contribution in [-0.2, 0) is 6.42 Å². The minimum atomic E-state index is 0.563. The zero-order chi connectivity index (χ0) is 11.0. The molecule has 2 atom stereocenters. The molecule has 0 spiro atoms. The molecule has 16 heavy (non-hydrogen) atoms. The Labute approximate surface area is 101 Å². The highest BCUT2D eigenvalue weighted by Gasteiger charge is 2.31. The van der Waals surface area contributed by atoms with Gasteiger partial charge >= 0.3 is 0 Å². The monoisotopic (exact) mass is 235 g/mol. The van der Waals surface area contributed by atoms with Crippen LogP contribution in [0.2, 0.25) is 0 Å². The predicted octanol–water partition coefficient (Wildman–Crippen LogP) is 2.39. The van der Waals surface area contributed by atoms with Crippen molar-refractivity contribution in [1.82, 2.24) is 5.32 Å². The second-order valence-corrected chi connectivity index (χ2v) is 5.79. The quantitative estimate of drug-likeness (QED) is 0.807. The van der Waals surface area contributed by atoms with E-state index in [1.165, 1.54) is 29.7 Å². The average molecular weight is 235 g/mol. The maximum absolute atomic E-state index is 5.29. The SMILES string of the molecule is COc1ccc2c(c1)CCC1SCCNC21. The highest BCUT2D eigenvalue weighted by atomic mass is 32.2. The molecule has 1 aromatic rings. The Kier molecular flexibility index (Phi) is 2.82. The first kappa shape index (κ1) is 10.5. The third-order valence-corrected chi connectivity index (χ3v) is 4.93. The van der Waals surface area contributed by atoms with Crippen molar-refractivity contribution in [2.75, 3.05) is 19.4 Å². The van der Waals surface area contributed by atoms with Crippen molar-refractivity contribution < 1.29 is 4.74 Å². The summed E-state index contributed by atoms with van der Waals surface area (Å²) in [6, 6.07) is 7.09. The van der Waals surface area contributed by atoms with Gasteiger partial charge in [0.15, 0.2) is 0 Å². The number of hydrogen-bond donors (Lipinski definition) is 1. The van der Waals surface area contributed by atoms with Gasteiger partial charge in [0.25, 0.3) is 0 Å². The topological polar surface area (TPSA) is 21.3 Å². The van der Waals surface area contributed by atoms with E-state index < -0.39 is 0 Å². The summed E-state index contributed by atoms with van der Waals surface area (Å²) in [6.07, 6.45) is 2.49. The zero-order valence-corrected chi connectivity index (χ0v) is 10.3. The van der Waals surface area contributed by atoms with E-state index in [2.05, 4.69) is 35.3 Å². The van der Waals surface area contributed by atoms with E-state index in [9.17, 15) is 0 Å². The lowest BCUT2D eigenvalue weighted by Crippen LogP contribution is -2.39. The van der Waals surface area contributed by atoms with E-state index >= 15 is 0 Å². The van der Waals surface area contributed by atoms with Crippen LogP contribution >= 0.6 is 11.8 Å². The molecule has 1 heterocycles. The molecule has 0 aromatic heterocycles. The van der Waals surface area contributed by atoms with E-state index in [4.69, 9.17) is 4.74 Å². The fraction of sp³-hybridized carbons (Fsp3) is 0.538. The van der Waals surface area contributed by atoms with Gasteiger partial charge in [-0.25, -0.2) is 0 Å². The molecular weight excluding hydrogens is 218 g/mol. The predicted molar refractivity (Wildman–Crippen MR) is 68.3 cm³/mol. The zero-order valence-electron chi connectivity index (χ0n) is 9.53. The molecule has 1 aromatic carbocycles. The van der Waals surface area contributed by atoms with E-state index in [1.54, 1.807) is 7.11 Å². The molecule has 2 unspecified atom stereocenters. The Morgan fingerprint density at radius 3 is 3.25 bits per heavy atom. The summed E-state index contributed by atoms with van der Waals surface area (Å²) in [5, 5.41) is 4.43. The number of hydrogen-bond acceptors (Lipinski definition) is 3. The third kappa shape index (κ3) is 1.72. The molecule has 1 fully saturated rings. The van der Waals surface area contributed by atoms with Gasteiger partial charge in [-0.3, -0.25) is 0 Å². The summed E-state index contributed by atoms with van der Waals surface area (Å²) in [7, 11) is 1.74. The summed E-state index contributed by atoms with van der Waals surface area (Å²) >= 11 is 2.13. The lowest BCUT2D eigenvalue weighted by Gasteiger charge is -2.37. The Morgan fingerprint density at radius 1 is 1.44 bits per heavy atom. The second kappa shape index (κ2) is 4.30. The number of methoxy groups -OCH3 is 1. The first-order valence-electron chi connectivity index (χ1n) is 5.90. The number of rotatable bonds is 1. The summed E-state index contributed by atoms with van der Waals surface area (Å²) < 4.78 is 5.29. The third-order valence-electron chi connectivity index (χ3n) is 3.55. The van der Waals surface area contributed by atoms with Crippen LogP contribution in [0.4, 0.5) is 0 Å². The van der Waals surface area contributed by atoms with Crippen LogP contribution in [0.3, 0.4) is 0 Å². The Morgan fingerprint density at radius 2 is 2.38 bits per heavy atom. The maximum Gasteiger partial charge on any atom is 0.119 e. The summed E-state index contributed by atoms with van der Waals surface area (Å²) in [6.45, 7) is 1.14. The normalized spacial score (nSPS) is 28.1. The molecule has 3 heteroatoms.